The molecule has 0 fully saturated rings. The molecule has 0 aliphatic rings. The maximum Gasteiger partial charge on any atom is 0.203 e. The minimum atomic E-state index is -0.354. The van der Waals surface area contributed by atoms with E-state index in [-0.39, 0.29) is 6.04 Å². The van der Waals surface area contributed by atoms with Crippen LogP contribution >= 0.6 is 0 Å². The molecule has 1 aromatic heterocycles. The van der Waals surface area contributed by atoms with Gasteiger partial charge in [-0.15, -0.1) is 0 Å². The number of nitrogens with two attached hydrogens (primary N) is 1. The summed E-state index contributed by atoms with van der Waals surface area (Å²) in [5.41, 5.74) is 9.16. The summed E-state index contributed by atoms with van der Waals surface area (Å²) >= 11 is 0. The maximum atomic E-state index is 6.36. The second kappa shape index (κ2) is 6.45. The number of hydrogen-bond donors (Lipinski definition) is 1. The summed E-state index contributed by atoms with van der Waals surface area (Å²) < 4.78 is 16.1. The van der Waals surface area contributed by atoms with Crippen LogP contribution in [-0.4, -0.2) is 26.3 Å². The lowest BCUT2D eigenvalue weighted by molar-refractivity contribution is 0.321. The van der Waals surface area contributed by atoms with E-state index in [2.05, 4.69) is 4.98 Å². The summed E-state index contributed by atoms with van der Waals surface area (Å²) in [4.78, 5) is 4.19. The maximum absolute atomic E-state index is 6.36. The third-order valence-corrected chi connectivity index (χ3v) is 3.32. The molecule has 1 heterocycles. The molecule has 5 heteroatoms. The molecule has 5 nitrogen and oxygen atoms in total. The summed E-state index contributed by atoms with van der Waals surface area (Å²) in [7, 11) is 4.74. The highest BCUT2D eigenvalue weighted by Crippen LogP contribution is 2.42. The molecule has 0 saturated carbocycles. The van der Waals surface area contributed by atoms with Gasteiger partial charge in [-0.3, -0.25) is 4.98 Å². The molecule has 0 radical (unpaired) electrons. The van der Waals surface area contributed by atoms with Crippen LogP contribution in [0.5, 0.6) is 17.2 Å². The van der Waals surface area contributed by atoms with Gasteiger partial charge in [0.25, 0.3) is 0 Å². The minimum Gasteiger partial charge on any atom is -0.493 e. The van der Waals surface area contributed by atoms with Crippen molar-refractivity contribution in [3.63, 3.8) is 0 Å². The van der Waals surface area contributed by atoms with Gasteiger partial charge in [0.1, 0.15) is 0 Å². The van der Waals surface area contributed by atoms with E-state index in [4.69, 9.17) is 19.9 Å². The number of hydrogen-bond acceptors (Lipinski definition) is 5. The molecule has 0 aliphatic carbocycles. The first kappa shape index (κ1) is 15.1. The van der Waals surface area contributed by atoms with E-state index in [0.717, 1.165) is 16.7 Å². The normalized spacial score (nSPS) is 11.9. The van der Waals surface area contributed by atoms with Gasteiger partial charge in [0.15, 0.2) is 11.5 Å². The van der Waals surface area contributed by atoms with Crippen LogP contribution in [-0.2, 0) is 0 Å². The average molecular weight is 288 g/mol. The van der Waals surface area contributed by atoms with E-state index in [0.29, 0.717) is 17.2 Å². The number of aromatic nitrogens is 1. The van der Waals surface area contributed by atoms with Gasteiger partial charge in [0.05, 0.1) is 27.4 Å². The van der Waals surface area contributed by atoms with Crippen molar-refractivity contribution < 1.29 is 14.2 Å². The van der Waals surface area contributed by atoms with E-state index in [1.165, 1.54) is 0 Å². The van der Waals surface area contributed by atoms with Crippen LogP contribution in [0.25, 0.3) is 0 Å². The van der Waals surface area contributed by atoms with Crippen molar-refractivity contribution in [2.24, 2.45) is 5.73 Å². The van der Waals surface area contributed by atoms with Gasteiger partial charge in [-0.25, -0.2) is 0 Å². The first-order valence-electron chi connectivity index (χ1n) is 6.58. The van der Waals surface area contributed by atoms with Crippen LogP contribution in [0.4, 0.5) is 0 Å². The van der Waals surface area contributed by atoms with E-state index in [1.54, 1.807) is 33.7 Å². The number of benzene rings is 1. The zero-order chi connectivity index (χ0) is 15.4. The Morgan fingerprint density at radius 2 is 1.71 bits per heavy atom. The van der Waals surface area contributed by atoms with Crippen LogP contribution in [0.3, 0.4) is 0 Å². The fourth-order valence-corrected chi connectivity index (χ4v) is 2.30. The van der Waals surface area contributed by atoms with Crippen molar-refractivity contribution >= 4 is 0 Å². The number of pyridine rings is 1. The van der Waals surface area contributed by atoms with Gasteiger partial charge in [0.2, 0.25) is 5.75 Å². The minimum absolute atomic E-state index is 0.354. The summed E-state index contributed by atoms with van der Waals surface area (Å²) in [6.07, 6.45) is 3.55. The molecule has 2 N–H and O–H groups in total. The van der Waals surface area contributed by atoms with Gasteiger partial charge in [0, 0.05) is 18.0 Å². The zero-order valence-electron chi connectivity index (χ0n) is 12.7. The highest BCUT2D eigenvalue weighted by molar-refractivity contribution is 5.58. The summed E-state index contributed by atoms with van der Waals surface area (Å²) in [5, 5.41) is 0. The van der Waals surface area contributed by atoms with Crippen LogP contribution < -0.4 is 19.9 Å². The number of ether oxygens (including phenoxy) is 3. The lowest BCUT2D eigenvalue weighted by Gasteiger charge is -2.20. The second-order valence-corrected chi connectivity index (χ2v) is 4.70. The first-order chi connectivity index (χ1) is 10.1. The van der Waals surface area contributed by atoms with Crippen LogP contribution in [0.2, 0.25) is 0 Å². The number of methoxy groups -OCH3 is 3. The van der Waals surface area contributed by atoms with Crippen molar-refractivity contribution in [2.45, 2.75) is 13.0 Å². The largest absolute Gasteiger partial charge is 0.493 e. The Labute approximate surface area is 124 Å². The molecule has 112 valence electrons. The highest BCUT2D eigenvalue weighted by Gasteiger charge is 2.21. The predicted molar refractivity (Wildman–Crippen MR) is 81.1 cm³/mol. The van der Waals surface area contributed by atoms with Crippen LogP contribution in [0.1, 0.15) is 22.7 Å². The molecule has 1 unspecified atom stereocenters. The topological polar surface area (TPSA) is 66.6 Å². The number of aryl methyl sites for hydroxylation is 1. The molecule has 0 saturated heterocycles. The fourth-order valence-electron chi connectivity index (χ4n) is 2.30. The second-order valence-electron chi connectivity index (χ2n) is 4.70. The Morgan fingerprint density at radius 1 is 1.00 bits per heavy atom. The first-order valence-corrected chi connectivity index (χ1v) is 6.58. The van der Waals surface area contributed by atoms with Crippen molar-refractivity contribution in [1.29, 1.82) is 0 Å². The third-order valence-electron chi connectivity index (χ3n) is 3.32. The van der Waals surface area contributed by atoms with Crippen molar-refractivity contribution in [2.75, 3.05) is 21.3 Å². The Bertz CT molecular complexity index is 629. The van der Waals surface area contributed by atoms with Crippen LogP contribution in [0.15, 0.2) is 30.6 Å². The SMILES string of the molecule is COc1ccc(C(N)c2cncc(C)c2)c(OC)c1OC. The molecule has 2 aromatic rings. The summed E-state index contributed by atoms with van der Waals surface area (Å²) in [6.45, 7) is 1.98. The van der Waals surface area contributed by atoms with Gasteiger partial charge in [-0.05, 0) is 30.2 Å². The van der Waals surface area contributed by atoms with Gasteiger partial charge < -0.3 is 19.9 Å². The number of nitrogens with zero attached hydrogens (tertiary/aromatic N) is 1. The fraction of sp³-hybridized carbons (Fsp3) is 0.312. The summed E-state index contributed by atoms with van der Waals surface area (Å²) in [5.74, 6) is 1.71. The molecular formula is C16H20N2O3. The van der Waals surface area contributed by atoms with E-state index in [9.17, 15) is 0 Å². The molecular weight excluding hydrogens is 268 g/mol. The molecule has 0 bridgehead atoms. The zero-order valence-corrected chi connectivity index (χ0v) is 12.7. The molecule has 0 amide bonds. The van der Waals surface area contributed by atoms with E-state index in [1.807, 2.05) is 25.1 Å². The number of rotatable bonds is 5. The summed E-state index contributed by atoms with van der Waals surface area (Å²) in [6, 6.07) is 5.35. The third kappa shape index (κ3) is 2.92. The quantitative estimate of drug-likeness (QED) is 0.915. The Balaban J connectivity index is 2.53. The monoisotopic (exact) mass is 288 g/mol. The Hall–Kier alpha value is -2.27. The van der Waals surface area contributed by atoms with E-state index >= 15 is 0 Å². The van der Waals surface area contributed by atoms with Crippen molar-refractivity contribution in [3.8, 4) is 17.2 Å². The van der Waals surface area contributed by atoms with Gasteiger partial charge >= 0.3 is 0 Å². The lowest BCUT2D eigenvalue weighted by Crippen LogP contribution is -2.14. The van der Waals surface area contributed by atoms with Crippen molar-refractivity contribution in [1.82, 2.24) is 4.98 Å². The molecule has 1 aromatic carbocycles. The van der Waals surface area contributed by atoms with Crippen LogP contribution in [0, 0.1) is 6.92 Å². The lowest BCUT2D eigenvalue weighted by atomic mass is 9.98. The molecule has 1 atom stereocenters. The standard InChI is InChI=1S/C16H20N2O3/c1-10-7-11(9-18-8-10)14(17)12-5-6-13(19-2)16(21-4)15(12)20-3/h5-9,14H,17H2,1-4H3. The predicted octanol–water partition coefficient (Wildman–Crippen LogP) is 2.46. The molecule has 2 rings (SSSR count). The Kier molecular flexibility index (Phi) is 4.65. The molecule has 21 heavy (non-hydrogen) atoms. The van der Waals surface area contributed by atoms with Gasteiger partial charge in [-0.2, -0.15) is 0 Å². The average Bonchev–Trinajstić information content (AvgIpc) is 2.52. The molecule has 0 aliphatic heterocycles. The molecule has 0 spiro atoms. The van der Waals surface area contributed by atoms with E-state index < -0.39 is 0 Å². The highest BCUT2D eigenvalue weighted by atomic mass is 16.5. The smallest absolute Gasteiger partial charge is 0.203 e. The van der Waals surface area contributed by atoms with Crippen molar-refractivity contribution in [3.05, 3.63) is 47.3 Å². The Morgan fingerprint density at radius 3 is 2.29 bits per heavy atom. The van der Waals surface area contributed by atoms with Gasteiger partial charge in [-0.1, -0.05) is 6.07 Å².